The van der Waals surface area contributed by atoms with Crippen LogP contribution in [-0.2, 0) is 24.4 Å². The average molecular weight is 282 g/mol. The lowest BCUT2D eigenvalue weighted by Crippen LogP contribution is -2.44. The molecular weight excluding hydrogens is 264 g/mol. The topological polar surface area (TPSA) is 103 Å². The average Bonchev–Trinajstić information content (AvgIpc) is 2.55. The molecule has 0 radical (unpaired) electrons. The highest BCUT2D eigenvalue weighted by molar-refractivity contribution is 7.88. The second-order valence-corrected chi connectivity index (χ2v) is 5.62. The zero-order valence-corrected chi connectivity index (χ0v) is 11.4. The van der Waals surface area contributed by atoms with Crippen molar-refractivity contribution in [2.24, 2.45) is 0 Å². The molecule has 2 N–H and O–H groups in total. The van der Waals surface area contributed by atoms with Crippen LogP contribution in [-0.4, -0.2) is 46.2 Å². The van der Waals surface area contributed by atoms with Crippen LogP contribution in [0.4, 0.5) is 4.79 Å². The fraction of sp³-hybridized carbons (Fsp3) is 0.889. The summed E-state index contributed by atoms with van der Waals surface area (Å²) in [7, 11) is -3.94. The van der Waals surface area contributed by atoms with Gasteiger partial charge in [-0.3, -0.25) is 0 Å². The summed E-state index contributed by atoms with van der Waals surface area (Å²) in [5.74, 6) is -0.718. The summed E-state index contributed by atoms with van der Waals surface area (Å²) in [6.45, 7) is 5.43. The Kier molecular flexibility index (Phi) is 4.91. The highest BCUT2D eigenvalue weighted by atomic mass is 32.2. The summed E-state index contributed by atoms with van der Waals surface area (Å²) >= 11 is 0. The van der Waals surface area contributed by atoms with E-state index >= 15 is 0 Å². The predicted octanol–water partition coefficient (Wildman–Crippen LogP) is -0.282. The quantitative estimate of drug-likeness (QED) is 0.719. The molecule has 1 rings (SSSR count). The molecule has 1 aliphatic heterocycles. The number of ether oxygens (including phenoxy) is 3. The second-order valence-electron chi connectivity index (χ2n) is 4.13. The maximum atomic E-state index is 11.4. The number of rotatable bonds is 5. The first-order valence-corrected chi connectivity index (χ1v) is 6.98. The Labute approximate surface area is 106 Å². The van der Waals surface area contributed by atoms with Gasteiger partial charge in [0.25, 0.3) is 0 Å². The Morgan fingerprint density at radius 2 is 2.17 bits per heavy atom. The molecule has 0 spiro atoms. The predicted molar refractivity (Wildman–Crippen MR) is 62.0 cm³/mol. The first-order chi connectivity index (χ1) is 8.24. The van der Waals surface area contributed by atoms with Crippen molar-refractivity contribution in [1.29, 1.82) is 0 Å². The van der Waals surface area contributed by atoms with Crippen molar-refractivity contribution in [2.45, 2.75) is 32.7 Å². The lowest BCUT2D eigenvalue weighted by Gasteiger charge is -2.17. The molecule has 18 heavy (non-hydrogen) atoms. The van der Waals surface area contributed by atoms with Crippen molar-refractivity contribution in [3.63, 3.8) is 0 Å². The normalized spacial score (nSPS) is 22.7. The van der Waals surface area contributed by atoms with E-state index in [-0.39, 0.29) is 19.8 Å². The maximum absolute atomic E-state index is 11.4. The fourth-order valence-corrected chi connectivity index (χ4v) is 2.13. The smallest absolute Gasteiger partial charge is 0.421 e. The largest absolute Gasteiger partial charge is 0.449 e. The lowest BCUT2D eigenvalue weighted by molar-refractivity contribution is -0.137. The minimum atomic E-state index is -3.94. The number of hydrogen-bond acceptors (Lipinski definition) is 6. The van der Waals surface area contributed by atoms with E-state index < -0.39 is 28.2 Å². The molecule has 1 saturated heterocycles. The van der Waals surface area contributed by atoms with Gasteiger partial charge in [-0.15, -0.1) is 0 Å². The Morgan fingerprint density at radius 1 is 1.50 bits per heavy atom. The monoisotopic (exact) mass is 282 g/mol. The van der Waals surface area contributed by atoms with E-state index in [9.17, 15) is 13.2 Å². The minimum absolute atomic E-state index is 0.0121. The van der Waals surface area contributed by atoms with Crippen LogP contribution >= 0.6 is 0 Å². The van der Waals surface area contributed by atoms with Gasteiger partial charge in [-0.1, -0.05) is 0 Å². The molecule has 1 aliphatic rings. The van der Waals surface area contributed by atoms with E-state index in [0.29, 0.717) is 0 Å². The molecule has 0 aliphatic carbocycles. The maximum Gasteiger partial charge on any atom is 0.421 e. The fourth-order valence-electron chi connectivity index (χ4n) is 1.37. The van der Waals surface area contributed by atoms with Gasteiger partial charge in [0, 0.05) is 6.54 Å². The zero-order valence-electron chi connectivity index (χ0n) is 10.6. The Bertz CT molecular complexity index is 394. The van der Waals surface area contributed by atoms with Gasteiger partial charge in [0.15, 0.2) is 5.79 Å². The Morgan fingerprint density at radius 3 is 2.67 bits per heavy atom. The Hall–Kier alpha value is -0.900. The molecule has 8 nitrogen and oxygen atoms in total. The summed E-state index contributed by atoms with van der Waals surface area (Å²) in [5.41, 5.74) is 0. The van der Waals surface area contributed by atoms with Crippen LogP contribution in [0, 0.1) is 0 Å². The zero-order chi connectivity index (χ0) is 13.8. The van der Waals surface area contributed by atoms with Crippen molar-refractivity contribution in [3.05, 3.63) is 0 Å². The molecule has 9 heteroatoms. The van der Waals surface area contributed by atoms with E-state index in [1.165, 1.54) is 0 Å². The molecule has 1 heterocycles. The molecule has 0 aromatic heterocycles. The minimum Gasteiger partial charge on any atom is -0.449 e. The first-order valence-electron chi connectivity index (χ1n) is 5.50. The number of carbonyl (C=O) groups excluding carboxylic acids is 1. The van der Waals surface area contributed by atoms with Crippen LogP contribution in [0.3, 0.4) is 0 Å². The summed E-state index contributed by atoms with van der Waals surface area (Å²) < 4.78 is 41.8. The lowest BCUT2D eigenvalue weighted by atomic mass is 10.4. The van der Waals surface area contributed by atoms with E-state index in [1.54, 1.807) is 25.5 Å². The van der Waals surface area contributed by atoms with Crippen LogP contribution < -0.4 is 9.44 Å². The van der Waals surface area contributed by atoms with Gasteiger partial charge >= 0.3 is 16.3 Å². The van der Waals surface area contributed by atoms with Crippen LogP contribution in [0.1, 0.15) is 20.8 Å². The molecule has 106 valence electrons. The molecule has 1 unspecified atom stereocenters. The van der Waals surface area contributed by atoms with Gasteiger partial charge in [-0.25, -0.2) is 9.52 Å². The molecule has 0 aromatic carbocycles. The number of nitrogens with one attached hydrogen (secondary N) is 2. The van der Waals surface area contributed by atoms with E-state index in [2.05, 4.69) is 9.46 Å². The third-order valence-corrected chi connectivity index (χ3v) is 3.04. The standard InChI is InChI=1S/C9H18N2O6S/c1-4-15-8(12)11-18(13,14)10-5-7-6-16-9(2,3)17-7/h7,10H,4-6H2,1-3H3,(H,11,12). The summed E-state index contributed by atoms with van der Waals surface area (Å²) in [6.07, 6.45) is -1.41. The van der Waals surface area contributed by atoms with Gasteiger partial charge in [0.1, 0.15) is 0 Å². The van der Waals surface area contributed by atoms with Gasteiger partial charge in [0.2, 0.25) is 0 Å². The molecular formula is C9H18N2O6S. The van der Waals surface area contributed by atoms with E-state index in [0.717, 1.165) is 0 Å². The van der Waals surface area contributed by atoms with E-state index in [4.69, 9.17) is 9.47 Å². The molecule has 0 aromatic rings. The second kappa shape index (κ2) is 5.83. The van der Waals surface area contributed by atoms with E-state index in [1.807, 2.05) is 0 Å². The first kappa shape index (κ1) is 15.2. The molecule has 1 amide bonds. The third kappa shape index (κ3) is 5.17. The van der Waals surface area contributed by atoms with Crippen LogP contribution in [0.15, 0.2) is 0 Å². The SMILES string of the molecule is CCOC(=O)NS(=O)(=O)NCC1COC(C)(C)O1. The van der Waals surface area contributed by atoms with Crippen LogP contribution in [0.25, 0.3) is 0 Å². The highest BCUT2D eigenvalue weighted by Crippen LogP contribution is 2.21. The van der Waals surface area contributed by atoms with Gasteiger partial charge in [-0.2, -0.15) is 13.1 Å². The Balaban J connectivity index is 2.36. The molecule has 0 bridgehead atoms. The van der Waals surface area contributed by atoms with Gasteiger partial charge in [0.05, 0.1) is 19.3 Å². The molecule has 1 fully saturated rings. The van der Waals surface area contributed by atoms with Crippen molar-refractivity contribution < 1.29 is 27.4 Å². The number of hydrogen-bond donors (Lipinski definition) is 2. The van der Waals surface area contributed by atoms with Crippen LogP contribution in [0.2, 0.25) is 0 Å². The molecule has 1 atom stereocenters. The number of carbonyl (C=O) groups is 1. The van der Waals surface area contributed by atoms with Crippen molar-refractivity contribution in [1.82, 2.24) is 9.44 Å². The highest BCUT2D eigenvalue weighted by Gasteiger charge is 2.33. The van der Waals surface area contributed by atoms with Gasteiger partial charge < -0.3 is 14.2 Å². The van der Waals surface area contributed by atoms with Crippen molar-refractivity contribution in [2.75, 3.05) is 19.8 Å². The summed E-state index contributed by atoms with van der Waals surface area (Å²) in [6, 6.07) is 0. The van der Waals surface area contributed by atoms with Crippen LogP contribution in [0.5, 0.6) is 0 Å². The summed E-state index contributed by atoms with van der Waals surface area (Å²) in [4.78, 5) is 10.9. The van der Waals surface area contributed by atoms with Crippen molar-refractivity contribution in [3.8, 4) is 0 Å². The molecule has 0 saturated carbocycles. The van der Waals surface area contributed by atoms with Crippen molar-refractivity contribution >= 4 is 16.3 Å². The van der Waals surface area contributed by atoms with Gasteiger partial charge in [-0.05, 0) is 20.8 Å². The summed E-state index contributed by atoms with van der Waals surface area (Å²) in [5, 5.41) is 0. The number of amides is 1. The third-order valence-electron chi connectivity index (χ3n) is 2.06.